The molecule has 2 aromatic carbocycles. The van der Waals surface area contributed by atoms with Gasteiger partial charge in [-0.05, 0) is 58.7 Å². The van der Waals surface area contributed by atoms with Gasteiger partial charge in [-0.25, -0.2) is 0 Å². The molecule has 126 valence electrons. The summed E-state index contributed by atoms with van der Waals surface area (Å²) >= 11 is 3.36. The number of carbonyl (C=O) groups excluding carboxylic acids is 2. The molecular weight excluding hydrogens is 370 g/mol. The highest BCUT2D eigenvalue weighted by atomic mass is 79.9. The van der Waals surface area contributed by atoms with Crippen LogP contribution in [-0.2, 0) is 6.54 Å². The van der Waals surface area contributed by atoms with E-state index in [4.69, 9.17) is 5.73 Å². The molecule has 0 spiro atoms. The van der Waals surface area contributed by atoms with Crippen LogP contribution in [0.5, 0.6) is 0 Å². The molecule has 2 amide bonds. The first-order chi connectivity index (χ1) is 11.6. The minimum absolute atomic E-state index is 0.118. The standard InChI is InChI=1S/C18H20BrN3O2/c19-16-5-2-1-4-15(16)18(24)22-12-13-6-8-14(9-7-13)17(23)21-11-3-10-20/h1-2,4-9H,3,10-12,20H2,(H,21,23)(H,22,24). The molecule has 0 heterocycles. The van der Waals surface area contributed by atoms with Crippen LogP contribution in [0.1, 0.15) is 32.7 Å². The van der Waals surface area contributed by atoms with Crippen molar-refractivity contribution in [1.82, 2.24) is 10.6 Å². The van der Waals surface area contributed by atoms with Gasteiger partial charge in [-0.1, -0.05) is 24.3 Å². The normalized spacial score (nSPS) is 10.2. The highest BCUT2D eigenvalue weighted by molar-refractivity contribution is 9.10. The lowest BCUT2D eigenvalue weighted by atomic mass is 10.1. The largest absolute Gasteiger partial charge is 0.352 e. The Morgan fingerprint density at radius 3 is 2.33 bits per heavy atom. The van der Waals surface area contributed by atoms with E-state index in [2.05, 4.69) is 26.6 Å². The molecule has 6 heteroatoms. The topological polar surface area (TPSA) is 84.2 Å². The van der Waals surface area contributed by atoms with Crippen molar-refractivity contribution in [3.63, 3.8) is 0 Å². The highest BCUT2D eigenvalue weighted by Crippen LogP contribution is 2.15. The van der Waals surface area contributed by atoms with Gasteiger partial charge >= 0.3 is 0 Å². The summed E-state index contributed by atoms with van der Waals surface area (Å²) in [5.74, 6) is -0.265. The average Bonchev–Trinajstić information content (AvgIpc) is 2.60. The van der Waals surface area contributed by atoms with Crippen LogP contribution in [0.2, 0.25) is 0 Å². The third kappa shape index (κ3) is 5.18. The van der Waals surface area contributed by atoms with E-state index in [1.807, 2.05) is 30.3 Å². The van der Waals surface area contributed by atoms with Crippen LogP contribution < -0.4 is 16.4 Å². The van der Waals surface area contributed by atoms with Gasteiger partial charge in [-0.15, -0.1) is 0 Å². The van der Waals surface area contributed by atoms with Gasteiger partial charge in [-0.3, -0.25) is 9.59 Å². The molecular formula is C18H20BrN3O2. The summed E-state index contributed by atoms with van der Waals surface area (Å²) in [7, 11) is 0. The number of hydrogen-bond donors (Lipinski definition) is 3. The van der Waals surface area contributed by atoms with E-state index in [-0.39, 0.29) is 11.8 Å². The second-order valence-corrected chi connectivity index (χ2v) is 6.11. The Kier molecular flexibility index (Phi) is 6.96. The number of benzene rings is 2. The predicted octanol–water partition coefficient (Wildman–Crippen LogP) is 2.46. The fourth-order valence-corrected chi connectivity index (χ4v) is 2.57. The van der Waals surface area contributed by atoms with Gasteiger partial charge in [0.1, 0.15) is 0 Å². The van der Waals surface area contributed by atoms with Crippen molar-refractivity contribution in [3.05, 3.63) is 69.7 Å². The first-order valence-electron chi connectivity index (χ1n) is 7.71. The Hall–Kier alpha value is -2.18. The van der Waals surface area contributed by atoms with E-state index in [9.17, 15) is 9.59 Å². The van der Waals surface area contributed by atoms with Crippen LogP contribution in [0.25, 0.3) is 0 Å². The van der Waals surface area contributed by atoms with E-state index in [0.717, 1.165) is 16.5 Å². The van der Waals surface area contributed by atoms with Gasteiger partial charge in [0.05, 0.1) is 5.56 Å². The fraction of sp³-hybridized carbons (Fsp3) is 0.222. The molecule has 0 aliphatic heterocycles. The molecule has 0 fully saturated rings. The van der Waals surface area contributed by atoms with Crippen LogP contribution in [0.4, 0.5) is 0 Å². The van der Waals surface area contributed by atoms with Crippen molar-refractivity contribution in [2.24, 2.45) is 5.73 Å². The summed E-state index contributed by atoms with van der Waals surface area (Å²) in [6.07, 6.45) is 0.755. The van der Waals surface area contributed by atoms with Gasteiger partial charge in [-0.2, -0.15) is 0 Å². The van der Waals surface area contributed by atoms with Crippen LogP contribution >= 0.6 is 15.9 Å². The first kappa shape index (κ1) is 18.2. The minimum Gasteiger partial charge on any atom is -0.352 e. The van der Waals surface area contributed by atoms with E-state index in [0.29, 0.717) is 30.8 Å². The Labute approximate surface area is 149 Å². The smallest absolute Gasteiger partial charge is 0.252 e. The first-order valence-corrected chi connectivity index (χ1v) is 8.51. The van der Waals surface area contributed by atoms with E-state index in [1.165, 1.54) is 0 Å². The molecule has 5 nitrogen and oxygen atoms in total. The highest BCUT2D eigenvalue weighted by Gasteiger charge is 2.09. The maximum absolute atomic E-state index is 12.1. The lowest BCUT2D eigenvalue weighted by Gasteiger charge is -2.08. The van der Waals surface area contributed by atoms with Gasteiger partial charge < -0.3 is 16.4 Å². The summed E-state index contributed by atoms with van der Waals surface area (Å²) in [6, 6.07) is 14.4. The Morgan fingerprint density at radius 2 is 1.67 bits per heavy atom. The lowest BCUT2D eigenvalue weighted by molar-refractivity contribution is 0.0942. The van der Waals surface area contributed by atoms with Crippen LogP contribution in [0.3, 0.4) is 0 Å². The molecule has 0 saturated carbocycles. The summed E-state index contributed by atoms with van der Waals surface area (Å²) in [5, 5.41) is 5.67. The number of amides is 2. The minimum atomic E-state index is -0.147. The van der Waals surface area contributed by atoms with E-state index < -0.39 is 0 Å². The van der Waals surface area contributed by atoms with Gasteiger partial charge in [0, 0.05) is 23.1 Å². The van der Waals surface area contributed by atoms with Crippen molar-refractivity contribution in [2.75, 3.05) is 13.1 Å². The van der Waals surface area contributed by atoms with E-state index in [1.54, 1.807) is 18.2 Å². The number of rotatable bonds is 7. The Morgan fingerprint density at radius 1 is 0.958 bits per heavy atom. The van der Waals surface area contributed by atoms with Crippen molar-refractivity contribution in [1.29, 1.82) is 0 Å². The van der Waals surface area contributed by atoms with Gasteiger partial charge in [0.15, 0.2) is 0 Å². The molecule has 0 saturated heterocycles. The zero-order valence-electron chi connectivity index (χ0n) is 13.2. The second kappa shape index (κ2) is 9.20. The number of nitrogens with two attached hydrogens (primary N) is 1. The molecule has 0 aromatic heterocycles. The van der Waals surface area contributed by atoms with Crippen molar-refractivity contribution in [2.45, 2.75) is 13.0 Å². The average molecular weight is 390 g/mol. The second-order valence-electron chi connectivity index (χ2n) is 5.26. The summed E-state index contributed by atoms with van der Waals surface area (Å²) in [6.45, 7) is 1.52. The predicted molar refractivity (Wildman–Crippen MR) is 97.8 cm³/mol. The zero-order valence-corrected chi connectivity index (χ0v) is 14.8. The SMILES string of the molecule is NCCCNC(=O)c1ccc(CNC(=O)c2ccccc2Br)cc1. The third-order valence-electron chi connectivity index (χ3n) is 3.45. The lowest BCUT2D eigenvalue weighted by Crippen LogP contribution is -2.26. The molecule has 4 N–H and O–H groups in total. The third-order valence-corrected chi connectivity index (χ3v) is 4.15. The van der Waals surface area contributed by atoms with Crippen LogP contribution in [0, 0.1) is 0 Å². The van der Waals surface area contributed by atoms with Crippen molar-refractivity contribution in [3.8, 4) is 0 Å². The van der Waals surface area contributed by atoms with Crippen LogP contribution in [-0.4, -0.2) is 24.9 Å². The van der Waals surface area contributed by atoms with Gasteiger partial charge in [0.25, 0.3) is 11.8 Å². The number of halogens is 1. The molecule has 0 aliphatic rings. The monoisotopic (exact) mass is 389 g/mol. The molecule has 0 atom stereocenters. The molecule has 0 radical (unpaired) electrons. The fourth-order valence-electron chi connectivity index (χ4n) is 2.10. The molecule has 2 rings (SSSR count). The van der Waals surface area contributed by atoms with Crippen molar-refractivity contribution >= 4 is 27.7 Å². The number of nitrogens with one attached hydrogen (secondary N) is 2. The molecule has 0 unspecified atom stereocenters. The molecule has 24 heavy (non-hydrogen) atoms. The molecule has 0 aliphatic carbocycles. The van der Waals surface area contributed by atoms with Crippen LogP contribution in [0.15, 0.2) is 53.0 Å². The summed E-state index contributed by atoms with van der Waals surface area (Å²) in [5.41, 5.74) is 7.50. The summed E-state index contributed by atoms with van der Waals surface area (Å²) < 4.78 is 0.756. The molecule has 0 bridgehead atoms. The van der Waals surface area contributed by atoms with E-state index >= 15 is 0 Å². The quantitative estimate of drug-likeness (QED) is 0.635. The number of hydrogen-bond acceptors (Lipinski definition) is 3. The zero-order chi connectivity index (χ0) is 17.4. The van der Waals surface area contributed by atoms with Crippen molar-refractivity contribution < 1.29 is 9.59 Å². The summed E-state index contributed by atoms with van der Waals surface area (Å²) in [4.78, 5) is 24.0. The maximum Gasteiger partial charge on any atom is 0.252 e. The molecule has 2 aromatic rings. The number of carbonyl (C=O) groups is 2. The Balaban J connectivity index is 1.89. The van der Waals surface area contributed by atoms with Gasteiger partial charge in [0.2, 0.25) is 0 Å². The Bertz CT molecular complexity index is 702. The maximum atomic E-state index is 12.1.